The molecule has 1 aliphatic heterocycles. The molecule has 19 heavy (non-hydrogen) atoms. The predicted octanol–water partition coefficient (Wildman–Crippen LogP) is 0.790. The highest BCUT2D eigenvalue weighted by atomic mass is 32.2. The summed E-state index contributed by atoms with van der Waals surface area (Å²) in [5.41, 5.74) is 0. The lowest BCUT2D eigenvalue weighted by molar-refractivity contribution is 0.429. The molecule has 5 nitrogen and oxygen atoms in total. The Labute approximate surface area is 121 Å². The lowest BCUT2D eigenvalue weighted by atomic mass is 10.2. The summed E-state index contributed by atoms with van der Waals surface area (Å²) in [5, 5.41) is 3.40. The van der Waals surface area contributed by atoms with Gasteiger partial charge in [0.1, 0.15) is 0 Å². The minimum atomic E-state index is -3.30. The molecule has 7 heteroatoms. The molecule has 0 atom stereocenters. The van der Waals surface area contributed by atoms with Gasteiger partial charge >= 0.3 is 0 Å². The van der Waals surface area contributed by atoms with Gasteiger partial charge in [0.2, 0.25) is 0 Å². The van der Waals surface area contributed by atoms with Crippen molar-refractivity contribution in [3.05, 3.63) is 0 Å². The molecule has 1 heterocycles. The average molecular weight is 307 g/mol. The van der Waals surface area contributed by atoms with Gasteiger partial charge in [0.25, 0.3) is 10.2 Å². The van der Waals surface area contributed by atoms with E-state index in [0.717, 1.165) is 37.3 Å². The van der Waals surface area contributed by atoms with Crippen LogP contribution in [0, 0.1) is 0 Å². The van der Waals surface area contributed by atoms with Crippen molar-refractivity contribution in [1.82, 2.24) is 14.3 Å². The van der Waals surface area contributed by atoms with Gasteiger partial charge in [-0.15, -0.1) is 0 Å². The molecule has 2 aliphatic rings. The zero-order valence-electron chi connectivity index (χ0n) is 11.6. The maximum Gasteiger partial charge on any atom is 0.279 e. The summed E-state index contributed by atoms with van der Waals surface area (Å²) in [6, 6.07) is 0.818. The van der Waals surface area contributed by atoms with E-state index in [0.29, 0.717) is 12.6 Å². The molecule has 0 spiro atoms. The van der Waals surface area contributed by atoms with E-state index in [9.17, 15) is 8.42 Å². The third-order valence-corrected chi connectivity index (χ3v) is 6.29. The second kappa shape index (κ2) is 7.26. The molecule has 2 N–H and O–H groups in total. The maximum atomic E-state index is 12.1. The Morgan fingerprint density at radius 2 is 1.84 bits per heavy atom. The van der Waals surface area contributed by atoms with E-state index in [4.69, 9.17) is 0 Å². The van der Waals surface area contributed by atoms with Crippen LogP contribution in [0.5, 0.6) is 0 Å². The Balaban J connectivity index is 1.67. The van der Waals surface area contributed by atoms with Crippen molar-refractivity contribution in [3.8, 4) is 0 Å². The average Bonchev–Trinajstić information content (AvgIpc) is 3.19. The van der Waals surface area contributed by atoms with Crippen LogP contribution in [0.3, 0.4) is 0 Å². The number of thioether (sulfide) groups is 1. The fourth-order valence-corrected chi connectivity index (χ4v) is 4.44. The summed E-state index contributed by atoms with van der Waals surface area (Å²) in [7, 11) is -1.63. The summed E-state index contributed by atoms with van der Waals surface area (Å²) >= 11 is 1.90. The second-order valence-corrected chi connectivity index (χ2v) is 8.45. The molecule has 2 fully saturated rings. The Kier molecular flexibility index (Phi) is 5.95. The molecule has 0 unspecified atom stereocenters. The van der Waals surface area contributed by atoms with E-state index >= 15 is 0 Å². The van der Waals surface area contributed by atoms with Crippen LogP contribution in [-0.4, -0.2) is 56.4 Å². The molecule has 0 radical (unpaired) electrons. The molecule has 0 amide bonds. The van der Waals surface area contributed by atoms with Crippen molar-refractivity contribution in [2.24, 2.45) is 0 Å². The topological polar surface area (TPSA) is 61.4 Å². The molecular weight excluding hydrogens is 282 g/mol. The summed E-state index contributed by atoms with van der Waals surface area (Å²) in [6.45, 7) is 1.49. The molecule has 1 saturated heterocycles. The fourth-order valence-electron chi connectivity index (χ4n) is 2.13. The summed E-state index contributed by atoms with van der Waals surface area (Å²) in [5.74, 6) is 2.12. The molecule has 0 bridgehead atoms. The van der Waals surface area contributed by atoms with Crippen LogP contribution in [0.2, 0.25) is 0 Å². The van der Waals surface area contributed by atoms with Gasteiger partial charge in [-0.05, 0) is 50.2 Å². The SMILES string of the molecule is CN(CCCNC1CC1)S(=O)(=O)NC1CCSCC1. The standard InChI is InChI=1S/C12H25N3O2S2/c1-15(8-2-7-13-11-3-4-11)19(16,17)14-12-5-9-18-10-6-12/h11-14H,2-10H2,1H3. The van der Waals surface area contributed by atoms with Gasteiger partial charge in [0.15, 0.2) is 0 Å². The molecule has 0 aromatic rings. The minimum absolute atomic E-state index is 0.123. The van der Waals surface area contributed by atoms with E-state index in [1.165, 1.54) is 17.1 Å². The Hall–Kier alpha value is 0.180. The van der Waals surface area contributed by atoms with Crippen molar-refractivity contribution >= 4 is 22.0 Å². The van der Waals surface area contributed by atoms with E-state index in [1.807, 2.05) is 11.8 Å². The molecule has 1 saturated carbocycles. The first-order valence-corrected chi connectivity index (χ1v) is 9.72. The van der Waals surface area contributed by atoms with E-state index in [2.05, 4.69) is 10.0 Å². The number of hydrogen-bond donors (Lipinski definition) is 2. The quantitative estimate of drug-likeness (QED) is 0.651. The molecule has 0 aromatic heterocycles. The van der Waals surface area contributed by atoms with Gasteiger partial charge in [-0.25, -0.2) is 0 Å². The van der Waals surface area contributed by atoms with Gasteiger partial charge < -0.3 is 5.32 Å². The van der Waals surface area contributed by atoms with Gasteiger partial charge in [0, 0.05) is 25.7 Å². The van der Waals surface area contributed by atoms with Gasteiger partial charge in [0.05, 0.1) is 0 Å². The Bertz CT molecular complexity index is 365. The summed E-state index contributed by atoms with van der Waals surface area (Å²) in [4.78, 5) is 0. The van der Waals surface area contributed by atoms with E-state index < -0.39 is 10.2 Å². The monoisotopic (exact) mass is 307 g/mol. The van der Waals surface area contributed by atoms with Crippen LogP contribution >= 0.6 is 11.8 Å². The minimum Gasteiger partial charge on any atom is -0.314 e. The molecule has 2 rings (SSSR count). The van der Waals surface area contributed by atoms with E-state index in [1.54, 1.807) is 7.05 Å². The summed E-state index contributed by atoms with van der Waals surface area (Å²) < 4.78 is 28.5. The molecule has 0 aromatic carbocycles. The lowest BCUT2D eigenvalue weighted by Gasteiger charge is -2.25. The van der Waals surface area contributed by atoms with Crippen molar-refractivity contribution in [1.29, 1.82) is 0 Å². The van der Waals surface area contributed by atoms with Crippen LogP contribution in [0.4, 0.5) is 0 Å². The first-order valence-electron chi connectivity index (χ1n) is 7.12. The second-order valence-electron chi connectivity index (χ2n) is 5.41. The summed E-state index contributed by atoms with van der Waals surface area (Å²) in [6.07, 6.45) is 5.31. The Morgan fingerprint density at radius 1 is 1.16 bits per heavy atom. The van der Waals surface area contributed by atoms with E-state index in [-0.39, 0.29) is 6.04 Å². The third kappa shape index (κ3) is 5.59. The van der Waals surface area contributed by atoms with Crippen LogP contribution in [0.1, 0.15) is 32.1 Å². The number of hydrogen-bond acceptors (Lipinski definition) is 4. The first kappa shape index (κ1) is 15.6. The highest BCUT2D eigenvalue weighted by Gasteiger charge is 2.24. The number of nitrogens with zero attached hydrogens (tertiary/aromatic N) is 1. The van der Waals surface area contributed by atoms with Crippen LogP contribution in [0.25, 0.3) is 0 Å². The van der Waals surface area contributed by atoms with Gasteiger partial charge in [-0.3, -0.25) is 0 Å². The number of nitrogens with one attached hydrogen (secondary N) is 2. The van der Waals surface area contributed by atoms with Gasteiger partial charge in [-0.1, -0.05) is 0 Å². The van der Waals surface area contributed by atoms with Crippen molar-refractivity contribution in [3.63, 3.8) is 0 Å². The third-order valence-electron chi connectivity index (χ3n) is 3.61. The molecule has 1 aliphatic carbocycles. The zero-order chi connectivity index (χ0) is 13.7. The zero-order valence-corrected chi connectivity index (χ0v) is 13.2. The highest BCUT2D eigenvalue weighted by Crippen LogP contribution is 2.19. The van der Waals surface area contributed by atoms with Crippen LogP contribution in [-0.2, 0) is 10.2 Å². The normalized spacial score (nSPS) is 22.0. The smallest absolute Gasteiger partial charge is 0.279 e. The highest BCUT2D eigenvalue weighted by molar-refractivity contribution is 7.99. The van der Waals surface area contributed by atoms with Crippen molar-refractivity contribution in [2.75, 3.05) is 31.6 Å². The van der Waals surface area contributed by atoms with Gasteiger partial charge in [-0.2, -0.15) is 29.2 Å². The Morgan fingerprint density at radius 3 is 2.47 bits per heavy atom. The number of rotatable bonds is 8. The van der Waals surface area contributed by atoms with Crippen LogP contribution < -0.4 is 10.0 Å². The van der Waals surface area contributed by atoms with Crippen LogP contribution in [0.15, 0.2) is 0 Å². The van der Waals surface area contributed by atoms with Crippen molar-refractivity contribution in [2.45, 2.75) is 44.2 Å². The largest absolute Gasteiger partial charge is 0.314 e. The predicted molar refractivity (Wildman–Crippen MR) is 80.7 cm³/mol. The molecular formula is C12H25N3O2S2. The maximum absolute atomic E-state index is 12.1. The lowest BCUT2D eigenvalue weighted by Crippen LogP contribution is -2.45. The first-order chi connectivity index (χ1) is 9.08. The fraction of sp³-hybridized carbons (Fsp3) is 1.00. The molecule has 112 valence electrons. The van der Waals surface area contributed by atoms with Crippen molar-refractivity contribution < 1.29 is 8.42 Å².